The number of aryl methyl sites for hydroxylation is 2. The molecule has 0 saturated carbocycles. The van der Waals surface area contributed by atoms with Gasteiger partial charge in [-0.05, 0) is 36.5 Å². The molecule has 1 N–H and O–H groups in total. The number of benzene rings is 1. The van der Waals surface area contributed by atoms with Crippen LogP contribution in [0.5, 0.6) is 0 Å². The number of carbonyl (C=O) groups is 1. The number of imidazole rings is 1. The lowest BCUT2D eigenvalue weighted by Gasteiger charge is -2.09. The number of nitrogens with zero attached hydrogens (tertiary/aromatic N) is 4. The van der Waals surface area contributed by atoms with Crippen LogP contribution >= 0.6 is 0 Å². The van der Waals surface area contributed by atoms with E-state index in [1.165, 1.54) is 22.9 Å². The summed E-state index contributed by atoms with van der Waals surface area (Å²) in [5.41, 5.74) is 2.64. The zero-order valence-corrected chi connectivity index (χ0v) is 16.3. The van der Waals surface area contributed by atoms with Crippen molar-refractivity contribution in [1.82, 2.24) is 19.1 Å². The average Bonchev–Trinajstić information content (AvgIpc) is 2.86. The topological polar surface area (TPSA) is 81.8 Å². The summed E-state index contributed by atoms with van der Waals surface area (Å²) in [4.78, 5) is 34.2. The molecular formula is C21H25N5O2. The van der Waals surface area contributed by atoms with Gasteiger partial charge in [-0.25, -0.2) is 9.97 Å². The van der Waals surface area contributed by atoms with Crippen molar-refractivity contribution >= 4 is 22.8 Å². The lowest BCUT2D eigenvalue weighted by atomic mass is 10.0. The van der Waals surface area contributed by atoms with E-state index in [0.717, 1.165) is 31.6 Å². The quantitative estimate of drug-likeness (QED) is 0.755. The predicted molar refractivity (Wildman–Crippen MR) is 109 cm³/mol. The average molecular weight is 379 g/mol. The van der Waals surface area contributed by atoms with Gasteiger partial charge in [-0.15, -0.1) is 0 Å². The van der Waals surface area contributed by atoms with Gasteiger partial charge in [0.15, 0.2) is 11.2 Å². The third-order valence-corrected chi connectivity index (χ3v) is 5.26. The normalized spacial score (nSPS) is 14.1. The Morgan fingerprint density at radius 3 is 2.71 bits per heavy atom. The Morgan fingerprint density at radius 1 is 1.18 bits per heavy atom. The molecule has 0 spiro atoms. The standard InChI is InChI=1S/C21H25N5O2/c1-14(2)15-7-9-16(10-8-15)23-18(27)12-25-13-22-20-19(21(25)28)24-17-6-4-3-5-11-26(17)20/h7-10,13-14H,3-6,11-12H2,1-2H3,(H,23,27). The number of anilines is 1. The van der Waals surface area contributed by atoms with Crippen LogP contribution in [0.3, 0.4) is 0 Å². The number of rotatable bonds is 4. The maximum atomic E-state index is 12.8. The number of hydrogen-bond acceptors (Lipinski definition) is 4. The van der Waals surface area contributed by atoms with Crippen molar-refractivity contribution in [1.29, 1.82) is 0 Å². The molecule has 0 unspecified atom stereocenters. The van der Waals surface area contributed by atoms with Gasteiger partial charge in [-0.3, -0.25) is 14.2 Å². The molecule has 0 bridgehead atoms. The molecule has 4 rings (SSSR count). The summed E-state index contributed by atoms with van der Waals surface area (Å²) in [6.07, 6.45) is 5.63. The third kappa shape index (κ3) is 3.56. The third-order valence-electron chi connectivity index (χ3n) is 5.26. The predicted octanol–water partition coefficient (Wildman–Crippen LogP) is 3.08. The summed E-state index contributed by atoms with van der Waals surface area (Å²) in [5.74, 6) is 1.09. The zero-order chi connectivity index (χ0) is 19.7. The second-order valence-electron chi connectivity index (χ2n) is 7.67. The SMILES string of the molecule is CC(C)c1ccc(NC(=O)Cn2cnc3c(nc4n3CCCCC4)c2=O)cc1. The van der Waals surface area contributed by atoms with Crippen molar-refractivity contribution in [2.24, 2.45) is 0 Å². The Bertz CT molecular complexity index is 1060. The second kappa shape index (κ2) is 7.58. The smallest absolute Gasteiger partial charge is 0.282 e. The zero-order valence-electron chi connectivity index (χ0n) is 16.3. The van der Waals surface area contributed by atoms with Crippen LogP contribution in [0.25, 0.3) is 11.2 Å². The van der Waals surface area contributed by atoms with Gasteiger partial charge in [0.2, 0.25) is 5.91 Å². The molecule has 0 aliphatic carbocycles. The van der Waals surface area contributed by atoms with Crippen LogP contribution in [-0.2, 0) is 24.3 Å². The molecule has 28 heavy (non-hydrogen) atoms. The van der Waals surface area contributed by atoms with E-state index in [0.29, 0.717) is 22.8 Å². The molecule has 0 atom stereocenters. The minimum absolute atomic E-state index is 0.0874. The van der Waals surface area contributed by atoms with Crippen LogP contribution in [0.1, 0.15) is 50.4 Å². The van der Waals surface area contributed by atoms with Crippen molar-refractivity contribution < 1.29 is 4.79 Å². The molecule has 1 aliphatic rings. The van der Waals surface area contributed by atoms with E-state index >= 15 is 0 Å². The summed E-state index contributed by atoms with van der Waals surface area (Å²) in [6.45, 7) is 5.00. The molecule has 3 aromatic rings. The van der Waals surface area contributed by atoms with E-state index in [9.17, 15) is 9.59 Å². The highest BCUT2D eigenvalue weighted by Crippen LogP contribution is 2.19. The molecule has 0 fully saturated rings. The summed E-state index contributed by atoms with van der Waals surface area (Å²) in [7, 11) is 0. The summed E-state index contributed by atoms with van der Waals surface area (Å²) >= 11 is 0. The Balaban J connectivity index is 1.53. The second-order valence-corrected chi connectivity index (χ2v) is 7.67. The maximum absolute atomic E-state index is 12.8. The molecule has 2 aromatic heterocycles. The van der Waals surface area contributed by atoms with Gasteiger partial charge in [-0.1, -0.05) is 32.4 Å². The van der Waals surface area contributed by atoms with Gasteiger partial charge in [0, 0.05) is 18.7 Å². The number of fused-ring (bicyclic) bond motifs is 3. The Labute approximate surface area is 163 Å². The molecule has 7 nitrogen and oxygen atoms in total. The lowest BCUT2D eigenvalue weighted by molar-refractivity contribution is -0.116. The van der Waals surface area contributed by atoms with Crippen LogP contribution in [0.15, 0.2) is 35.4 Å². The number of carbonyl (C=O) groups excluding carboxylic acids is 1. The number of nitrogens with one attached hydrogen (secondary N) is 1. The van der Waals surface area contributed by atoms with Crippen molar-refractivity contribution in [3.8, 4) is 0 Å². The summed E-state index contributed by atoms with van der Waals surface area (Å²) in [5, 5.41) is 2.84. The maximum Gasteiger partial charge on any atom is 0.282 e. The van der Waals surface area contributed by atoms with Crippen LogP contribution in [0.4, 0.5) is 5.69 Å². The van der Waals surface area contributed by atoms with E-state index in [1.54, 1.807) is 0 Å². The van der Waals surface area contributed by atoms with E-state index in [1.807, 2.05) is 28.8 Å². The van der Waals surface area contributed by atoms with Crippen molar-refractivity contribution in [3.05, 3.63) is 52.3 Å². The van der Waals surface area contributed by atoms with Gasteiger partial charge < -0.3 is 9.88 Å². The van der Waals surface area contributed by atoms with E-state index in [-0.39, 0.29) is 18.0 Å². The van der Waals surface area contributed by atoms with E-state index in [2.05, 4.69) is 29.1 Å². The molecule has 0 saturated heterocycles. The number of hydrogen-bond donors (Lipinski definition) is 1. The summed E-state index contributed by atoms with van der Waals surface area (Å²) < 4.78 is 3.37. The highest BCUT2D eigenvalue weighted by atomic mass is 16.2. The molecule has 7 heteroatoms. The fourth-order valence-corrected chi connectivity index (χ4v) is 3.65. The minimum atomic E-state index is -0.268. The first-order valence-electron chi connectivity index (χ1n) is 9.87. The molecule has 146 valence electrons. The highest BCUT2D eigenvalue weighted by Gasteiger charge is 2.18. The molecule has 0 radical (unpaired) electrons. The fraction of sp³-hybridized carbons (Fsp3) is 0.429. The van der Waals surface area contributed by atoms with Crippen LogP contribution < -0.4 is 10.9 Å². The van der Waals surface area contributed by atoms with Crippen molar-refractivity contribution in [2.75, 3.05) is 5.32 Å². The van der Waals surface area contributed by atoms with Crippen LogP contribution in [0, 0.1) is 0 Å². The number of amides is 1. The first kappa shape index (κ1) is 18.4. The molecular weight excluding hydrogens is 354 g/mol. The fourth-order valence-electron chi connectivity index (χ4n) is 3.65. The summed E-state index contributed by atoms with van der Waals surface area (Å²) in [6, 6.07) is 7.75. The van der Waals surface area contributed by atoms with Crippen LogP contribution in [0.2, 0.25) is 0 Å². The van der Waals surface area contributed by atoms with Gasteiger partial charge in [0.25, 0.3) is 5.56 Å². The van der Waals surface area contributed by atoms with Crippen molar-refractivity contribution in [3.63, 3.8) is 0 Å². The van der Waals surface area contributed by atoms with E-state index < -0.39 is 0 Å². The van der Waals surface area contributed by atoms with Gasteiger partial charge in [0.1, 0.15) is 18.7 Å². The molecule has 1 aromatic carbocycles. The van der Waals surface area contributed by atoms with E-state index in [4.69, 9.17) is 0 Å². The lowest BCUT2D eigenvalue weighted by Crippen LogP contribution is -2.28. The molecule has 1 amide bonds. The number of aromatic nitrogens is 4. The molecule has 3 heterocycles. The van der Waals surface area contributed by atoms with Gasteiger partial charge in [-0.2, -0.15) is 0 Å². The van der Waals surface area contributed by atoms with Gasteiger partial charge in [0.05, 0.1) is 0 Å². The van der Waals surface area contributed by atoms with Gasteiger partial charge >= 0.3 is 0 Å². The first-order chi connectivity index (χ1) is 13.5. The first-order valence-corrected chi connectivity index (χ1v) is 9.87. The monoisotopic (exact) mass is 379 g/mol. The Hall–Kier alpha value is -2.96. The molecule has 1 aliphatic heterocycles. The largest absolute Gasteiger partial charge is 0.325 e. The Morgan fingerprint density at radius 2 is 1.96 bits per heavy atom. The highest BCUT2D eigenvalue weighted by molar-refractivity contribution is 5.90. The Kier molecular flexibility index (Phi) is 4.98. The minimum Gasteiger partial charge on any atom is -0.325 e. The van der Waals surface area contributed by atoms with Crippen molar-refractivity contribution in [2.45, 2.75) is 58.5 Å². The van der Waals surface area contributed by atoms with Crippen LogP contribution in [-0.4, -0.2) is 25.0 Å².